The van der Waals surface area contributed by atoms with Gasteiger partial charge in [0, 0.05) is 0 Å². The normalized spacial score (nSPS) is 9.30. The Morgan fingerprint density at radius 3 is 2.50 bits per heavy atom. The molecule has 10 heavy (non-hydrogen) atoms. The molecule has 0 unspecified atom stereocenters. The van der Waals surface area contributed by atoms with Gasteiger partial charge in [0.2, 0.25) is 0 Å². The summed E-state index contributed by atoms with van der Waals surface area (Å²) in [6, 6.07) is 6.10. The maximum atomic E-state index is 5.22. The van der Waals surface area contributed by atoms with Gasteiger partial charge in [0.15, 0.2) is 0 Å². The van der Waals surface area contributed by atoms with E-state index >= 15 is 0 Å². The molecule has 0 aromatic heterocycles. The molecule has 0 saturated heterocycles. The summed E-state index contributed by atoms with van der Waals surface area (Å²) >= 11 is 1.10. The van der Waals surface area contributed by atoms with Crippen LogP contribution in [0.15, 0.2) is 18.2 Å². The molecule has 0 aliphatic carbocycles. The molecule has 0 heterocycles. The van der Waals surface area contributed by atoms with Crippen molar-refractivity contribution in [3.8, 4) is 5.75 Å². The van der Waals surface area contributed by atoms with Crippen LogP contribution in [0.3, 0.4) is 0 Å². The Morgan fingerprint density at radius 2 is 2.00 bits per heavy atom. The van der Waals surface area contributed by atoms with E-state index in [9.17, 15) is 0 Å². The summed E-state index contributed by atoms with van der Waals surface area (Å²) in [6.07, 6.45) is 0. The first kappa shape index (κ1) is 8.00. The van der Waals surface area contributed by atoms with Crippen molar-refractivity contribution in [1.29, 1.82) is 0 Å². The van der Waals surface area contributed by atoms with Crippen molar-refractivity contribution < 1.29 is 28.0 Å². The summed E-state index contributed by atoms with van der Waals surface area (Å²) in [6.45, 7) is 4.17. The Bertz CT molecular complexity index is 233. The third kappa shape index (κ3) is 1.49. The summed E-state index contributed by atoms with van der Waals surface area (Å²) in [5, 5.41) is 0. The third-order valence-electron chi connectivity index (χ3n) is 1.66. The van der Waals surface area contributed by atoms with Crippen LogP contribution >= 0.6 is 0 Å². The molecule has 0 amide bonds. The Morgan fingerprint density at radius 1 is 1.30 bits per heavy atom. The molecular formula is C8H9OZr. The minimum atomic E-state index is 1.01. The molecular weight excluding hydrogens is 203 g/mol. The molecule has 1 rings (SSSR count). The van der Waals surface area contributed by atoms with E-state index in [2.05, 4.69) is 19.9 Å². The predicted molar refractivity (Wildman–Crippen MR) is 36.5 cm³/mol. The van der Waals surface area contributed by atoms with Crippen molar-refractivity contribution in [2.45, 2.75) is 13.8 Å². The number of benzene rings is 1. The van der Waals surface area contributed by atoms with Crippen LogP contribution < -0.4 is 2.81 Å². The Balaban J connectivity index is 3.14. The fraction of sp³-hybridized carbons (Fsp3) is 0.250. The number of aryl methyl sites for hydroxylation is 1. The molecule has 1 aromatic carbocycles. The molecule has 0 atom stereocenters. The molecule has 0 aliphatic heterocycles. The average molecular weight is 212 g/mol. The molecule has 0 N–H and O–H groups in total. The summed E-state index contributed by atoms with van der Waals surface area (Å²) in [4.78, 5) is 0. The van der Waals surface area contributed by atoms with Gasteiger partial charge < -0.3 is 0 Å². The van der Waals surface area contributed by atoms with Gasteiger partial charge in [-0.2, -0.15) is 0 Å². The molecule has 0 aliphatic rings. The molecule has 1 aromatic rings. The van der Waals surface area contributed by atoms with Crippen LogP contribution in [0.5, 0.6) is 5.75 Å². The van der Waals surface area contributed by atoms with Crippen molar-refractivity contribution in [2.75, 3.05) is 0 Å². The first-order valence-electron chi connectivity index (χ1n) is 3.15. The minimum absolute atomic E-state index is 1.01. The van der Waals surface area contributed by atoms with E-state index in [-0.39, 0.29) is 0 Å². The first-order valence-corrected chi connectivity index (χ1v) is 4.16. The van der Waals surface area contributed by atoms with Crippen LogP contribution in [0.4, 0.5) is 0 Å². The van der Waals surface area contributed by atoms with Crippen molar-refractivity contribution in [1.82, 2.24) is 0 Å². The van der Waals surface area contributed by atoms with Gasteiger partial charge in [-0.25, -0.2) is 0 Å². The van der Waals surface area contributed by atoms with Crippen molar-refractivity contribution in [3.63, 3.8) is 0 Å². The van der Waals surface area contributed by atoms with Gasteiger partial charge in [0.1, 0.15) is 0 Å². The van der Waals surface area contributed by atoms with Crippen LogP contribution in [-0.4, -0.2) is 0 Å². The average Bonchev–Trinajstić information content (AvgIpc) is 1.95. The Hall–Kier alpha value is -0.0969. The van der Waals surface area contributed by atoms with Gasteiger partial charge in [0.05, 0.1) is 0 Å². The van der Waals surface area contributed by atoms with Gasteiger partial charge in [0.25, 0.3) is 0 Å². The van der Waals surface area contributed by atoms with Gasteiger partial charge in [-0.05, 0) is 0 Å². The van der Waals surface area contributed by atoms with Gasteiger partial charge in [-0.15, -0.1) is 0 Å². The second kappa shape index (κ2) is 3.34. The summed E-state index contributed by atoms with van der Waals surface area (Å²) in [7, 11) is 0. The molecule has 51 valence electrons. The van der Waals surface area contributed by atoms with Crippen molar-refractivity contribution >= 4 is 0 Å². The summed E-state index contributed by atoms with van der Waals surface area (Å²) in [5.74, 6) is 1.01. The van der Waals surface area contributed by atoms with E-state index in [1.54, 1.807) is 0 Å². The zero-order chi connectivity index (χ0) is 7.56. The third-order valence-corrected chi connectivity index (χ3v) is 2.21. The first-order chi connectivity index (χ1) is 4.75. The fourth-order valence-corrected chi connectivity index (χ4v) is 1.38. The van der Waals surface area contributed by atoms with E-state index < -0.39 is 0 Å². The van der Waals surface area contributed by atoms with E-state index in [4.69, 9.17) is 2.81 Å². The topological polar surface area (TPSA) is 9.23 Å². The van der Waals surface area contributed by atoms with Gasteiger partial charge in [-0.3, -0.25) is 0 Å². The standard InChI is InChI=1S/C8H10O.Zr/c1-6-4-3-5-8(9)7(6)2;/h3-5,9H,1-2H3;/q;+1/p-1. The molecule has 0 fully saturated rings. The van der Waals surface area contributed by atoms with Crippen LogP contribution in [0.1, 0.15) is 11.1 Å². The van der Waals surface area contributed by atoms with Crippen molar-refractivity contribution in [3.05, 3.63) is 29.3 Å². The summed E-state index contributed by atoms with van der Waals surface area (Å²) in [5.41, 5.74) is 2.54. The maximum absolute atomic E-state index is 5.22. The quantitative estimate of drug-likeness (QED) is 0.693. The number of hydrogen-bond acceptors (Lipinski definition) is 1. The van der Waals surface area contributed by atoms with Gasteiger partial charge >= 0.3 is 76.9 Å². The fourth-order valence-electron chi connectivity index (χ4n) is 0.835. The number of rotatable bonds is 1. The van der Waals surface area contributed by atoms with E-state index in [1.165, 1.54) is 11.1 Å². The second-order valence-corrected chi connectivity index (χ2v) is 2.80. The Kier molecular flexibility index (Phi) is 2.67. The summed E-state index contributed by atoms with van der Waals surface area (Å²) < 4.78 is 5.22. The zero-order valence-corrected chi connectivity index (χ0v) is 8.60. The van der Waals surface area contributed by atoms with Crippen LogP contribution in [0.2, 0.25) is 0 Å². The molecule has 0 spiro atoms. The SMILES string of the molecule is Cc1cccc([O][Zr])c1C. The van der Waals surface area contributed by atoms with Crippen LogP contribution in [-0.2, 0) is 25.2 Å². The molecule has 0 saturated carbocycles. The number of hydrogen-bond donors (Lipinski definition) is 0. The van der Waals surface area contributed by atoms with Crippen LogP contribution in [0, 0.1) is 13.8 Å². The van der Waals surface area contributed by atoms with Crippen LogP contribution in [0.25, 0.3) is 0 Å². The molecule has 0 bridgehead atoms. The predicted octanol–water partition coefficient (Wildman–Crippen LogP) is 2.14. The monoisotopic (exact) mass is 211 g/mol. The molecule has 1 nitrogen and oxygen atoms in total. The molecule has 2 heteroatoms. The van der Waals surface area contributed by atoms with Crippen molar-refractivity contribution in [2.24, 2.45) is 0 Å². The second-order valence-electron chi connectivity index (χ2n) is 2.30. The Labute approximate surface area is 76.9 Å². The van der Waals surface area contributed by atoms with Gasteiger partial charge in [-0.1, -0.05) is 0 Å². The van der Waals surface area contributed by atoms with E-state index in [0.717, 1.165) is 30.9 Å². The zero-order valence-electron chi connectivity index (χ0n) is 6.14. The van der Waals surface area contributed by atoms with E-state index in [1.807, 2.05) is 12.1 Å². The molecule has 0 radical (unpaired) electrons. The van der Waals surface area contributed by atoms with E-state index in [0.29, 0.717) is 0 Å².